The average Bonchev–Trinajstić information content (AvgIpc) is 2.72. The Hall–Kier alpha value is -2.92. The van der Waals surface area contributed by atoms with Crippen molar-refractivity contribution in [3.8, 4) is 34.1 Å². The molecule has 0 spiro atoms. The molecule has 0 fully saturated rings. The average molecular weight is 408 g/mol. The maximum atomic E-state index is 11.2. The first kappa shape index (κ1) is 20.4. The highest BCUT2D eigenvalue weighted by Gasteiger charge is 2.30. The molecular formula is C25H29NO4. The number of nitrogens with one attached hydrogen (secondary N) is 1. The van der Waals surface area contributed by atoms with Crippen molar-refractivity contribution < 1.29 is 19.3 Å². The fourth-order valence-electron chi connectivity index (χ4n) is 4.92. The van der Waals surface area contributed by atoms with Gasteiger partial charge in [-0.2, -0.15) is 0 Å². The summed E-state index contributed by atoms with van der Waals surface area (Å²) in [5.41, 5.74) is 4.85. The Morgan fingerprint density at radius 3 is 2.37 bits per heavy atom. The number of aromatic hydroxyl groups is 1. The molecule has 1 aliphatic rings. The summed E-state index contributed by atoms with van der Waals surface area (Å²) in [5, 5.41) is 16.6. The summed E-state index contributed by atoms with van der Waals surface area (Å²) in [4.78, 5) is 0. The number of phenols is 1. The standard InChI is InChI=1S/C25H29NO4/c1-13-10-20(29-5)23-17(8-7-9-19(23)28-4)21(13)24-18(27)12-16-11-14(2)26-15(3)22(16)25(24)30-6/h7-10,12,14-15,26-27H,11H2,1-6H3/t14-,15-/m1/s1. The molecule has 2 N–H and O–H groups in total. The van der Waals surface area contributed by atoms with E-state index in [4.69, 9.17) is 14.2 Å². The minimum absolute atomic E-state index is 0.123. The van der Waals surface area contributed by atoms with Gasteiger partial charge >= 0.3 is 0 Å². The summed E-state index contributed by atoms with van der Waals surface area (Å²) in [5.74, 6) is 2.41. The predicted molar refractivity (Wildman–Crippen MR) is 120 cm³/mol. The first-order valence-corrected chi connectivity index (χ1v) is 10.2. The molecule has 0 aromatic heterocycles. The second kappa shape index (κ2) is 7.73. The molecule has 158 valence electrons. The van der Waals surface area contributed by atoms with Crippen LogP contribution in [0.5, 0.6) is 23.0 Å². The van der Waals surface area contributed by atoms with Crippen LogP contribution in [-0.4, -0.2) is 32.5 Å². The lowest BCUT2D eigenvalue weighted by molar-refractivity contribution is 0.378. The van der Waals surface area contributed by atoms with Crippen LogP contribution >= 0.6 is 0 Å². The van der Waals surface area contributed by atoms with Gasteiger partial charge in [0.15, 0.2) is 0 Å². The molecule has 3 aromatic rings. The third kappa shape index (κ3) is 3.05. The summed E-state index contributed by atoms with van der Waals surface area (Å²) >= 11 is 0. The summed E-state index contributed by atoms with van der Waals surface area (Å²) in [7, 11) is 4.98. The van der Waals surface area contributed by atoms with Crippen LogP contribution < -0.4 is 19.5 Å². The molecule has 0 radical (unpaired) electrons. The lowest BCUT2D eigenvalue weighted by Gasteiger charge is -2.32. The Morgan fingerprint density at radius 1 is 0.967 bits per heavy atom. The smallest absolute Gasteiger partial charge is 0.135 e. The van der Waals surface area contributed by atoms with Gasteiger partial charge in [0.1, 0.15) is 23.0 Å². The molecule has 0 saturated heterocycles. The quantitative estimate of drug-likeness (QED) is 0.627. The van der Waals surface area contributed by atoms with Crippen LogP contribution in [0.3, 0.4) is 0 Å². The van der Waals surface area contributed by atoms with Gasteiger partial charge in [0.25, 0.3) is 0 Å². The topological polar surface area (TPSA) is 60.0 Å². The van der Waals surface area contributed by atoms with Gasteiger partial charge < -0.3 is 24.6 Å². The largest absolute Gasteiger partial charge is 0.507 e. The Bertz CT molecular complexity index is 1120. The second-order valence-corrected chi connectivity index (χ2v) is 8.02. The van der Waals surface area contributed by atoms with Crippen LogP contribution in [0.25, 0.3) is 21.9 Å². The zero-order chi connectivity index (χ0) is 21.6. The normalized spacial score (nSPS) is 18.2. The Labute approximate surface area is 177 Å². The van der Waals surface area contributed by atoms with E-state index in [1.165, 1.54) is 0 Å². The van der Waals surface area contributed by atoms with Crippen molar-refractivity contribution in [2.24, 2.45) is 0 Å². The lowest BCUT2D eigenvalue weighted by Crippen LogP contribution is -2.36. The Morgan fingerprint density at radius 2 is 1.70 bits per heavy atom. The maximum Gasteiger partial charge on any atom is 0.135 e. The fourth-order valence-corrected chi connectivity index (χ4v) is 4.92. The van der Waals surface area contributed by atoms with Crippen molar-refractivity contribution in [2.75, 3.05) is 21.3 Å². The van der Waals surface area contributed by atoms with Crippen LogP contribution in [0.15, 0.2) is 30.3 Å². The number of methoxy groups -OCH3 is 3. The summed E-state index contributed by atoms with van der Waals surface area (Å²) < 4.78 is 17.2. The van der Waals surface area contributed by atoms with Crippen molar-refractivity contribution >= 4 is 10.8 Å². The van der Waals surface area contributed by atoms with Gasteiger partial charge in [-0.1, -0.05) is 12.1 Å². The molecule has 0 aliphatic carbocycles. The van der Waals surface area contributed by atoms with E-state index < -0.39 is 0 Å². The van der Waals surface area contributed by atoms with Gasteiger partial charge in [0, 0.05) is 23.2 Å². The zero-order valence-electron chi connectivity index (χ0n) is 18.4. The first-order chi connectivity index (χ1) is 14.4. The maximum absolute atomic E-state index is 11.2. The van der Waals surface area contributed by atoms with E-state index in [0.717, 1.165) is 50.9 Å². The van der Waals surface area contributed by atoms with Crippen LogP contribution in [0.1, 0.15) is 36.6 Å². The predicted octanol–water partition coefficient (Wildman–Crippen LogP) is 5.14. The number of benzene rings is 3. The number of rotatable bonds is 4. The SMILES string of the molecule is COc1c(-c2c(C)cc(OC)c3c(OC)cccc23)c(O)cc2c1[C@@H](C)N[C@H](C)C2. The summed E-state index contributed by atoms with van der Waals surface area (Å²) in [6, 6.07) is 10.3. The number of aryl methyl sites for hydroxylation is 1. The number of fused-ring (bicyclic) bond motifs is 2. The Kier molecular flexibility index (Phi) is 5.24. The van der Waals surface area contributed by atoms with Gasteiger partial charge in [0.2, 0.25) is 0 Å². The highest BCUT2D eigenvalue weighted by molar-refractivity contribution is 6.07. The summed E-state index contributed by atoms with van der Waals surface area (Å²) in [6.45, 7) is 6.32. The molecule has 1 heterocycles. The molecule has 2 atom stereocenters. The number of hydrogen-bond donors (Lipinski definition) is 2. The monoisotopic (exact) mass is 407 g/mol. The molecular weight excluding hydrogens is 378 g/mol. The van der Waals surface area contributed by atoms with Gasteiger partial charge in [-0.15, -0.1) is 0 Å². The third-order valence-corrected chi connectivity index (χ3v) is 6.06. The highest BCUT2D eigenvalue weighted by Crippen LogP contribution is 2.51. The molecule has 0 saturated carbocycles. The van der Waals surface area contributed by atoms with Gasteiger partial charge in [-0.3, -0.25) is 0 Å². The van der Waals surface area contributed by atoms with Crippen molar-refractivity contribution in [1.82, 2.24) is 5.32 Å². The minimum Gasteiger partial charge on any atom is -0.507 e. The number of phenolic OH excluding ortho intramolecular Hbond substituents is 1. The van der Waals surface area contributed by atoms with Crippen molar-refractivity contribution in [2.45, 2.75) is 39.3 Å². The van der Waals surface area contributed by atoms with Crippen LogP contribution in [0.4, 0.5) is 0 Å². The molecule has 0 unspecified atom stereocenters. The third-order valence-electron chi connectivity index (χ3n) is 6.06. The molecule has 0 bridgehead atoms. The van der Waals surface area contributed by atoms with Crippen molar-refractivity contribution in [3.05, 3.63) is 47.0 Å². The number of hydrogen-bond acceptors (Lipinski definition) is 5. The lowest BCUT2D eigenvalue weighted by atomic mass is 9.84. The van der Waals surface area contributed by atoms with Crippen LogP contribution in [-0.2, 0) is 6.42 Å². The Balaban J connectivity index is 2.12. The number of ether oxygens (including phenoxy) is 3. The van der Waals surface area contributed by atoms with Crippen molar-refractivity contribution in [1.29, 1.82) is 0 Å². The minimum atomic E-state index is 0.123. The van der Waals surface area contributed by atoms with Gasteiger partial charge in [0.05, 0.1) is 32.3 Å². The molecule has 4 rings (SSSR count). The molecule has 1 aliphatic heterocycles. The van der Waals surface area contributed by atoms with Gasteiger partial charge in [-0.05, 0) is 61.9 Å². The summed E-state index contributed by atoms with van der Waals surface area (Å²) in [6.07, 6.45) is 0.847. The van der Waals surface area contributed by atoms with Crippen LogP contribution in [0, 0.1) is 6.92 Å². The van der Waals surface area contributed by atoms with E-state index in [1.807, 2.05) is 37.3 Å². The van der Waals surface area contributed by atoms with E-state index >= 15 is 0 Å². The van der Waals surface area contributed by atoms with E-state index in [9.17, 15) is 5.11 Å². The second-order valence-electron chi connectivity index (χ2n) is 8.02. The first-order valence-electron chi connectivity index (χ1n) is 10.2. The van der Waals surface area contributed by atoms with Crippen molar-refractivity contribution in [3.63, 3.8) is 0 Å². The highest BCUT2D eigenvalue weighted by atomic mass is 16.5. The molecule has 3 aromatic carbocycles. The molecule has 0 amide bonds. The van der Waals surface area contributed by atoms with E-state index in [-0.39, 0.29) is 11.8 Å². The van der Waals surface area contributed by atoms with Crippen LogP contribution in [0.2, 0.25) is 0 Å². The van der Waals surface area contributed by atoms with Gasteiger partial charge in [-0.25, -0.2) is 0 Å². The van der Waals surface area contributed by atoms with E-state index in [1.54, 1.807) is 21.3 Å². The van der Waals surface area contributed by atoms with E-state index in [0.29, 0.717) is 17.4 Å². The van der Waals surface area contributed by atoms with E-state index in [2.05, 4.69) is 19.2 Å². The molecule has 5 nitrogen and oxygen atoms in total. The molecule has 30 heavy (non-hydrogen) atoms. The molecule has 5 heteroatoms. The fraction of sp³-hybridized carbons (Fsp3) is 0.360. The zero-order valence-corrected chi connectivity index (χ0v) is 18.4.